The minimum Gasteiger partial charge on any atom is -0.377 e. The summed E-state index contributed by atoms with van der Waals surface area (Å²) in [5.41, 5.74) is 0.568. The van der Waals surface area contributed by atoms with E-state index in [9.17, 15) is 8.42 Å². The van der Waals surface area contributed by atoms with Gasteiger partial charge in [0.1, 0.15) is 0 Å². The van der Waals surface area contributed by atoms with Gasteiger partial charge in [-0.05, 0) is 44.5 Å². The average Bonchev–Trinajstić information content (AvgIpc) is 2.48. The maximum Gasteiger partial charge on any atom is 0.243 e. The number of hydrogen-bond donors (Lipinski definition) is 1. The summed E-state index contributed by atoms with van der Waals surface area (Å²) in [5.74, 6) is 0. The van der Waals surface area contributed by atoms with Crippen molar-refractivity contribution in [2.75, 3.05) is 27.2 Å². The maximum absolute atomic E-state index is 12.8. The third-order valence-electron chi connectivity index (χ3n) is 4.03. The van der Waals surface area contributed by atoms with Crippen molar-refractivity contribution < 1.29 is 13.2 Å². The summed E-state index contributed by atoms with van der Waals surface area (Å²) in [6.45, 7) is 3.57. The standard InChI is InChI=1S/C15H24N2O3S/c1-15(20-3)8-5-9-17(12-15)21(18,19)14-7-4-6-13(10-14)11-16-2/h4,6-7,10,16H,5,8-9,11-12H2,1-3H3. The van der Waals surface area contributed by atoms with Crippen LogP contribution >= 0.6 is 0 Å². The first-order valence-electron chi connectivity index (χ1n) is 7.20. The molecular weight excluding hydrogens is 288 g/mol. The second-order valence-corrected chi connectivity index (χ2v) is 7.71. The van der Waals surface area contributed by atoms with Gasteiger partial charge in [-0.1, -0.05) is 12.1 Å². The number of hydrogen-bond acceptors (Lipinski definition) is 4. The van der Waals surface area contributed by atoms with Gasteiger partial charge >= 0.3 is 0 Å². The van der Waals surface area contributed by atoms with Crippen LogP contribution in [0.25, 0.3) is 0 Å². The van der Waals surface area contributed by atoms with Crippen LogP contribution in [-0.2, 0) is 21.3 Å². The molecule has 1 saturated heterocycles. The first kappa shape index (κ1) is 16.4. The molecule has 1 atom stereocenters. The lowest BCUT2D eigenvalue weighted by Crippen LogP contribution is -2.49. The van der Waals surface area contributed by atoms with Gasteiger partial charge in [-0.25, -0.2) is 8.42 Å². The lowest BCUT2D eigenvalue weighted by molar-refractivity contribution is -0.0319. The lowest BCUT2D eigenvalue weighted by atomic mass is 9.96. The van der Waals surface area contributed by atoms with Crippen LogP contribution < -0.4 is 5.32 Å². The van der Waals surface area contributed by atoms with Crippen molar-refractivity contribution in [2.45, 2.75) is 36.8 Å². The Morgan fingerprint density at radius 3 is 2.86 bits per heavy atom. The van der Waals surface area contributed by atoms with E-state index in [1.807, 2.05) is 20.0 Å². The van der Waals surface area contributed by atoms with Gasteiger partial charge in [0, 0.05) is 26.7 Å². The molecule has 0 amide bonds. The van der Waals surface area contributed by atoms with Crippen LogP contribution in [0.2, 0.25) is 0 Å². The summed E-state index contributed by atoms with van der Waals surface area (Å²) in [4.78, 5) is 0.357. The molecule has 0 aliphatic carbocycles. The zero-order valence-electron chi connectivity index (χ0n) is 12.9. The monoisotopic (exact) mass is 312 g/mol. The predicted molar refractivity (Wildman–Crippen MR) is 82.6 cm³/mol. The largest absolute Gasteiger partial charge is 0.377 e. The number of nitrogens with one attached hydrogen (secondary N) is 1. The Labute approximate surface area is 127 Å². The molecule has 1 unspecified atom stereocenters. The van der Waals surface area contributed by atoms with Crippen molar-refractivity contribution in [2.24, 2.45) is 0 Å². The Hall–Kier alpha value is -0.950. The Kier molecular flexibility index (Phi) is 5.03. The van der Waals surface area contributed by atoms with E-state index in [-0.39, 0.29) is 0 Å². The SMILES string of the molecule is CNCc1cccc(S(=O)(=O)N2CCCC(C)(OC)C2)c1. The smallest absolute Gasteiger partial charge is 0.243 e. The van der Waals surface area contributed by atoms with Crippen molar-refractivity contribution in [1.82, 2.24) is 9.62 Å². The molecule has 0 spiro atoms. The summed E-state index contributed by atoms with van der Waals surface area (Å²) in [6, 6.07) is 7.11. The van der Waals surface area contributed by atoms with Gasteiger partial charge in [0.15, 0.2) is 0 Å². The van der Waals surface area contributed by atoms with Crippen LogP contribution in [-0.4, -0.2) is 45.6 Å². The molecule has 1 aromatic carbocycles. The Morgan fingerprint density at radius 2 is 2.19 bits per heavy atom. The second-order valence-electron chi connectivity index (χ2n) is 5.77. The molecular formula is C15H24N2O3S. The normalized spacial score (nSPS) is 24.1. The number of sulfonamides is 1. The van der Waals surface area contributed by atoms with Gasteiger partial charge in [0.25, 0.3) is 0 Å². The molecule has 0 aromatic heterocycles. The molecule has 1 fully saturated rings. The molecule has 0 radical (unpaired) electrons. The fraction of sp³-hybridized carbons (Fsp3) is 0.600. The summed E-state index contributed by atoms with van der Waals surface area (Å²) >= 11 is 0. The zero-order valence-corrected chi connectivity index (χ0v) is 13.7. The third kappa shape index (κ3) is 3.63. The highest BCUT2D eigenvalue weighted by atomic mass is 32.2. The minimum absolute atomic E-state index is 0.357. The topological polar surface area (TPSA) is 58.6 Å². The maximum atomic E-state index is 12.8. The molecule has 0 bridgehead atoms. The van der Waals surface area contributed by atoms with Gasteiger partial charge in [0.2, 0.25) is 10.0 Å². The number of methoxy groups -OCH3 is 1. The Bertz CT molecular complexity index is 588. The quantitative estimate of drug-likeness (QED) is 0.897. The van der Waals surface area contributed by atoms with E-state index < -0.39 is 15.6 Å². The summed E-state index contributed by atoms with van der Waals surface area (Å²) < 4.78 is 32.6. The fourth-order valence-electron chi connectivity index (χ4n) is 2.70. The van der Waals surface area contributed by atoms with E-state index in [0.29, 0.717) is 24.5 Å². The second kappa shape index (κ2) is 6.44. The van der Waals surface area contributed by atoms with E-state index in [1.165, 1.54) is 0 Å². The highest BCUT2D eigenvalue weighted by molar-refractivity contribution is 7.89. The number of nitrogens with zero attached hydrogens (tertiary/aromatic N) is 1. The van der Waals surface area contributed by atoms with Crippen molar-refractivity contribution in [1.29, 1.82) is 0 Å². The van der Waals surface area contributed by atoms with Gasteiger partial charge in [0.05, 0.1) is 10.5 Å². The van der Waals surface area contributed by atoms with Crippen molar-refractivity contribution in [3.8, 4) is 0 Å². The number of ether oxygens (including phenoxy) is 1. The number of piperidine rings is 1. The molecule has 1 aromatic rings. The minimum atomic E-state index is -3.46. The fourth-order valence-corrected chi connectivity index (χ4v) is 4.36. The first-order valence-corrected chi connectivity index (χ1v) is 8.64. The van der Waals surface area contributed by atoms with Crippen molar-refractivity contribution in [3.05, 3.63) is 29.8 Å². The molecule has 0 saturated carbocycles. The van der Waals surface area contributed by atoms with Crippen LogP contribution in [0.3, 0.4) is 0 Å². The summed E-state index contributed by atoms with van der Waals surface area (Å²) in [6.07, 6.45) is 1.70. The van der Waals surface area contributed by atoms with Gasteiger partial charge in [-0.2, -0.15) is 4.31 Å². The highest BCUT2D eigenvalue weighted by Crippen LogP contribution is 2.28. The van der Waals surface area contributed by atoms with Gasteiger partial charge < -0.3 is 10.1 Å². The molecule has 5 nitrogen and oxygen atoms in total. The number of benzene rings is 1. The molecule has 1 heterocycles. The van der Waals surface area contributed by atoms with Gasteiger partial charge in [-0.3, -0.25) is 0 Å². The van der Waals surface area contributed by atoms with Crippen molar-refractivity contribution >= 4 is 10.0 Å². The van der Waals surface area contributed by atoms with E-state index in [4.69, 9.17) is 4.74 Å². The third-order valence-corrected chi connectivity index (χ3v) is 5.88. The van der Waals surface area contributed by atoms with Crippen LogP contribution in [0, 0.1) is 0 Å². The number of rotatable bonds is 5. The molecule has 118 valence electrons. The highest BCUT2D eigenvalue weighted by Gasteiger charge is 2.37. The van der Waals surface area contributed by atoms with Gasteiger partial charge in [-0.15, -0.1) is 0 Å². The average molecular weight is 312 g/mol. The molecule has 21 heavy (non-hydrogen) atoms. The molecule has 6 heteroatoms. The van der Waals surface area contributed by atoms with E-state index >= 15 is 0 Å². The van der Waals surface area contributed by atoms with E-state index in [0.717, 1.165) is 18.4 Å². The zero-order chi connectivity index (χ0) is 15.5. The predicted octanol–water partition coefficient (Wildman–Crippen LogP) is 1.60. The van der Waals surface area contributed by atoms with E-state index in [1.54, 1.807) is 29.6 Å². The van der Waals surface area contributed by atoms with Crippen LogP contribution in [0.15, 0.2) is 29.2 Å². The molecule has 1 aliphatic rings. The molecule has 1 N–H and O–H groups in total. The molecule has 1 aliphatic heterocycles. The lowest BCUT2D eigenvalue weighted by Gasteiger charge is -2.38. The summed E-state index contributed by atoms with van der Waals surface area (Å²) in [7, 11) is 0.0272. The summed E-state index contributed by atoms with van der Waals surface area (Å²) in [5, 5.41) is 3.04. The van der Waals surface area contributed by atoms with Crippen LogP contribution in [0.1, 0.15) is 25.3 Å². The van der Waals surface area contributed by atoms with Crippen molar-refractivity contribution in [3.63, 3.8) is 0 Å². The Morgan fingerprint density at radius 1 is 1.43 bits per heavy atom. The molecule has 2 rings (SSSR count). The van der Waals surface area contributed by atoms with E-state index in [2.05, 4.69) is 5.32 Å². The Balaban J connectivity index is 2.27. The van der Waals surface area contributed by atoms with Crippen LogP contribution in [0.5, 0.6) is 0 Å². The first-order chi connectivity index (χ1) is 9.91. The van der Waals surface area contributed by atoms with Crippen LogP contribution in [0.4, 0.5) is 0 Å².